The van der Waals surface area contributed by atoms with Gasteiger partial charge in [0.05, 0.1) is 13.7 Å². The molecule has 0 saturated heterocycles. The monoisotopic (exact) mass is 368 g/mol. The summed E-state index contributed by atoms with van der Waals surface area (Å²) in [4.78, 5) is 14.7. The molecule has 1 fully saturated rings. The number of carbonyl (C=O) groups is 1. The number of hydrogen-bond donors (Lipinski definition) is 1. The fourth-order valence-electron chi connectivity index (χ4n) is 3.21. The molecule has 1 saturated carbocycles. The number of rotatable bonds is 8. The van der Waals surface area contributed by atoms with Gasteiger partial charge >= 0.3 is 0 Å². The van der Waals surface area contributed by atoms with E-state index >= 15 is 0 Å². The summed E-state index contributed by atoms with van der Waals surface area (Å²) in [5.74, 6) is 2.37. The molecule has 0 atom stereocenters. The quantitative estimate of drug-likeness (QED) is 0.776. The molecule has 0 unspecified atom stereocenters. The second-order valence-electron chi connectivity index (χ2n) is 6.95. The van der Waals surface area contributed by atoms with E-state index in [1.54, 1.807) is 7.11 Å². The van der Waals surface area contributed by atoms with Crippen LogP contribution in [0.15, 0.2) is 42.5 Å². The SMILES string of the molecule is COc1ccc(CN(CC(=O)NCc2ccc3c(c2)OCO3)C2CC2)cc1. The third kappa shape index (κ3) is 4.52. The smallest absolute Gasteiger partial charge is 0.234 e. The molecule has 1 aliphatic carbocycles. The molecule has 6 nitrogen and oxygen atoms in total. The Balaban J connectivity index is 1.31. The summed E-state index contributed by atoms with van der Waals surface area (Å²) in [6.45, 7) is 1.91. The highest BCUT2D eigenvalue weighted by Gasteiger charge is 2.30. The predicted molar refractivity (Wildman–Crippen MR) is 101 cm³/mol. The largest absolute Gasteiger partial charge is 0.497 e. The second kappa shape index (κ2) is 7.88. The number of nitrogens with zero attached hydrogens (tertiary/aromatic N) is 1. The van der Waals surface area contributed by atoms with Crippen LogP contribution in [0.1, 0.15) is 24.0 Å². The lowest BCUT2D eigenvalue weighted by Crippen LogP contribution is -2.37. The summed E-state index contributed by atoms with van der Waals surface area (Å²) in [5.41, 5.74) is 2.19. The molecule has 0 aromatic heterocycles. The molecule has 0 bridgehead atoms. The molecule has 4 rings (SSSR count). The van der Waals surface area contributed by atoms with Crippen molar-refractivity contribution in [1.82, 2.24) is 10.2 Å². The molecule has 0 radical (unpaired) electrons. The Kier molecular flexibility index (Phi) is 5.16. The number of nitrogens with one attached hydrogen (secondary N) is 1. The minimum Gasteiger partial charge on any atom is -0.497 e. The van der Waals surface area contributed by atoms with Gasteiger partial charge in [-0.15, -0.1) is 0 Å². The number of carbonyl (C=O) groups excluding carboxylic acids is 1. The van der Waals surface area contributed by atoms with Crippen LogP contribution in [0.3, 0.4) is 0 Å². The lowest BCUT2D eigenvalue weighted by atomic mass is 10.2. The Hall–Kier alpha value is -2.73. The van der Waals surface area contributed by atoms with Crippen LogP contribution in [-0.2, 0) is 17.9 Å². The first-order valence-electron chi connectivity index (χ1n) is 9.23. The van der Waals surface area contributed by atoms with Crippen LogP contribution in [0.2, 0.25) is 0 Å². The van der Waals surface area contributed by atoms with Crippen molar-refractivity contribution >= 4 is 5.91 Å². The zero-order chi connectivity index (χ0) is 18.6. The van der Waals surface area contributed by atoms with Crippen molar-refractivity contribution in [3.8, 4) is 17.2 Å². The van der Waals surface area contributed by atoms with Crippen molar-refractivity contribution in [2.75, 3.05) is 20.4 Å². The third-order valence-corrected chi connectivity index (χ3v) is 4.88. The van der Waals surface area contributed by atoms with Crippen molar-refractivity contribution in [1.29, 1.82) is 0 Å². The molecule has 1 N–H and O–H groups in total. The van der Waals surface area contributed by atoms with E-state index in [9.17, 15) is 4.79 Å². The van der Waals surface area contributed by atoms with E-state index in [0.717, 1.165) is 42.2 Å². The van der Waals surface area contributed by atoms with E-state index in [2.05, 4.69) is 22.3 Å². The van der Waals surface area contributed by atoms with Crippen molar-refractivity contribution < 1.29 is 19.0 Å². The van der Waals surface area contributed by atoms with Crippen LogP contribution in [0.5, 0.6) is 17.2 Å². The number of ether oxygens (including phenoxy) is 3. The van der Waals surface area contributed by atoms with Crippen LogP contribution >= 0.6 is 0 Å². The topological polar surface area (TPSA) is 60.0 Å². The van der Waals surface area contributed by atoms with E-state index < -0.39 is 0 Å². The zero-order valence-electron chi connectivity index (χ0n) is 15.4. The lowest BCUT2D eigenvalue weighted by molar-refractivity contribution is -0.122. The molecule has 2 aliphatic rings. The van der Waals surface area contributed by atoms with Crippen LogP contribution in [0.4, 0.5) is 0 Å². The maximum absolute atomic E-state index is 12.5. The summed E-state index contributed by atoms with van der Waals surface area (Å²) >= 11 is 0. The summed E-state index contributed by atoms with van der Waals surface area (Å²) in [5, 5.41) is 3.01. The molecule has 1 amide bonds. The van der Waals surface area contributed by atoms with Crippen LogP contribution in [-0.4, -0.2) is 37.3 Å². The van der Waals surface area contributed by atoms with Gasteiger partial charge in [0.25, 0.3) is 0 Å². The average Bonchev–Trinajstić information content (AvgIpc) is 3.44. The van der Waals surface area contributed by atoms with E-state index in [4.69, 9.17) is 14.2 Å². The van der Waals surface area contributed by atoms with Gasteiger partial charge in [0.1, 0.15) is 5.75 Å². The maximum atomic E-state index is 12.5. The molecule has 2 aromatic carbocycles. The van der Waals surface area contributed by atoms with E-state index in [1.165, 1.54) is 5.56 Å². The number of methoxy groups -OCH3 is 1. The van der Waals surface area contributed by atoms with Gasteiger partial charge in [0.15, 0.2) is 11.5 Å². The van der Waals surface area contributed by atoms with E-state index in [1.807, 2.05) is 30.3 Å². The van der Waals surface area contributed by atoms with Gasteiger partial charge < -0.3 is 19.5 Å². The highest BCUT2D eigenvalue weighted by Crippen LogP contribution is 2.32. The Morgan fingerprint density at radius 1 is 1.11 bits per heavy atom. The Bertz CT molecular complexity index is 802. The number of amides is 1. The zero-order valence-corrected chi connectivity index (χ0v) is 15.4. The Morgan fingerprint density at radius 2 is 1.85 bits per heavy atom. The highest BCUT2D eigenvalue weighted by molar-refractivity contribution is 5.78. The summed E-state index contributed by atoms with van der Waals surface area (Å²) < 4.78 is 15.9. The van der Waals surface area contributed by atoms with Crippen molar-refractivity contribution in [3.05, 3.63) is 53.6 Å². The Labute approximate surface area is 159 Å². The van der Waals surface area contributed by atoms with Gasteiger partial charge in [-0.05, 0) is 48.2 Å². The van der Waals surface area contributed by atoms with Crippen molar-refractivity contribution in [2.45, 2.75) is 32.0 Å². The van der Waals surface area contributed by atoms with Crippen molar-refractivity contribution in [3.63, 3.8) is 0 Å². The van der Waals surface area contributed by atoms with E-state index in [-0.39, 0.29) is 12.7 Å². The van der Waals surface area contributed by atoms with Gasteiger partial charge in [-0.3, -0.25) is 9.69 Å². The fraction of sp³-hybridized carbons (Fsp3) is 0.381. The van der Waals surface area contributed by atoms with E-state index in [0.29, 0.717) is 19.1 Å². The first kappa shape index (κ1) is 17.7. The maximum Gasteiger partial charge on any atom is 0.234 e. The van der Waals surface area contributed by atoms with Crippen molar-refractivity contribution in [2.24, 2.45) is 0 Å². The molecule has 6 heteroatoms. The minimum atomic E-state index is 0.0353. The molecule has 142 valence electrons. The second-order valence-corrected chi connectivity index (χ2v) is 6.95. The normalized spacial score (nSPS) is 15.0. The number of hydrogen-bond acceptors (Lipinski definition) is 5. The molecule has 1 aliphatic heterocycles. The average molecular weight is 368 g/mol. The first-order chi connectivity index (χ1) is 13.2. The minimum absolute atomic E-state index is 0.0353. The standard InChI is InChI=1S/C21H24N2O4/c1-25-18-7-2-15(3-8-18)12-23(17-5-6-17)13-21(24)22-11-16-4-9-19-20(10-16)27-14-26-19/h2-4,7-10,17H,5-6,11-14H2,1H3,(H,22,24). The van der Waals surface area contributed by atoms with Gasteiger partial charge in [-0.1, -0.05) is 18.2 Å². The summed E-state index contributed by atoms with van der Waals surface area (Å²) in [6.07, 6.45) is 2.32. The third-order valence-electron chi connectivity index (χ3n) is 4.88. The van der Waals surface area contributed by atoms with Crippen LogP contribution in [0.25, 0.3) is 0 Å². The molecule has 2 aromatic rings. The van der Waals surface area contributed by atoms with Gasteiger partial charge in [-0.25, -0.2) is 0 Å². The predicted octanol–water partition coefficient (Wildman–Crippen LogP) is 2.70. The lowest BCUT2D eigenvalue weighted by Gasteiger charge is -2.21. The van der Waals surface area contributed by atoms with Crippen LogP contribution in [0, 0.1) is 0 Å². The van der Waals surface area contributed by atoms with Gasteiger partial charge in [0.2, 0.25) is 12.7 Å². The Morgan fingerprint density at radius 3 is 2.59 bits per heavy atom. The molecule has 1 heterocycles. The summed E-state index contributed by atoms with van der Waals surface area (Å²) in [6, 6.07) is 14.3. The van der Waals surface area contributed by atoms with Gasteiger partial charge in [-0.2, -0.15) is 0 Å². The molecule has 0 spiro atoms. The fourth-order valence-corrected chi connectivity index (χ4v) is 3.21. The molecular formula is C21H24N2O4. The number of benzene rings is 2. The highest BCUT2D eigenvalue weighted by atomic mass is 16.7. The molecular weight excluding hydrogens is 344 g/mol. The van der Waals surface area contributed by atoms with Gasteiger partial charge in [0, 0.05) is 19.1 Å². The van der Waals surface area contributed by atoms with Crippen LogP contribution < -0.4 is 19.5 Å². The molecule has 27 heavy (non-hydrogen) atoms. The summed E-state index contributed by atoms with van der Waals surface area (Å²) in [7, 11) is 1.66. The first-order valence-corrected chi connectivity index (χ1v) is 9.23. The number of fused-ring (bicyclic) bond motifs is 1.